The van der Waals surface area contributed by atoms with Gasteiger partial charge in [0, 0.05) is 6.42 Å². The molecule has 0 radical (unpaired) electrons. The fourth-order valence-electron chi connectivity index (χ4n) is 7.82. The Morgan fingerprint density at radius 1 is 0.582 bits per heavy atom. The van der Waals surface area contributed by atoms with E-state index in [1.165, 1.54) is 154 Å². The van der Waals surface area contributed by atoms with Gasteiger partial charge < -0.3 is 40.3 Å². The number of unbranched alkanes of at least 4 members (excludes halogenated alkanes) is 27. The van der Waals surface area contributed by atoms with Gasteiger partial charge in [-0.1, -0.05) is 207 Å². The van der Waals surface area contributed by atoms with Gasteiger partial charge >= 0.3 is 0 Å². The molecule has 0 saturated carbocycles. The quantitative estimate of drug-likeness (QED) is 0.0338. The summed E-state index contributed by atoms with van der Waals surface area (Å²) in [6.45, 7) is 6.16. The maximum Gasteiger partial charge on any atom is 0.220 e. The predicted octanol–water partition coefficient (Wildman–Crippen LogP) is 9.81. The molecule has 9 heteroatoms. The molecule has 1 aliphatic rings. The summed E-state index contributed by atoms with van der Waals surface area (Å²) in [7, 11) is 0. The van der Waals surface area contributed by atoms with Crippen molar-refractivity contribution in [1.82, 2.24) is 5.32 Å². The number of ether oxygens (including phenoxy) is 2. The summed E-state index contributed by atoms with van der Waals surface area (Å²) in [5.74, 6) is 0.646. The van der Waals surface area contributed by atoms with Crippen molar-refractivity contribution < 1.29 is 39.8 Å². The second-order valence-electron chi connectivity index (χ2n) is 17.4. The molecule has 1 heterocycles. The third-order valence-electron chi connectivity index (χ3n) is 11.6. The number of hydrogen-bond acceptors (Lipinski definition) is 8. The Morgan fingerprint density at radius 2 is 0.982 bits per heavy atom. The fourth-order valence-corrected chi connectivity index (χ4v) is 7.82. The predicted molar refractivity (Wildman–Crippen MR) is 226 cm³/mol. The first-order valence-corrected chi connectivity index (χ1v) is 23.6. The Hall–Kier alpha value is -0.810. The van der Waals surface area contributed by atoms with Crippen LogP contribution in [0.5, 0.6) is 0 Å². The fraction of sp³-hybridized carbons (Fsp3) is 0.978. The molecule has 7 unspecified atom stereocenters. The largest absolute Gasteiger partial charge is 0.394 e. The zero-order valence-corrected chi connectivity index (χ0v) is 36.1. The molecule has 0 aromatic rings. The lowest BCUT2D eigenvalue weighted by Gasteiger charge is -2.40. The van der Waals surface area contributed by atoms with Gasteiger partial charge in [-0.2, -0.15) is 0 Å². The van der Waals surface area contributed by atoms with Crippen molar-refractivity contribution in [3.63, 3.8) is 0 Å². The van der Waals surface area contributed by atoms with Crippen LogP contribution in [0, 0.1) is 5.92 Å². The monoisotopic (exact) mass is 786 g/mol. The standard InChI is InChI=1S/C46H91NO8/c1-4-5-6-7-8-9-10-11-12-13-14-15-16-17-18-19-23-26-29-32-35-42(50)47-39(37-54-46-45(53)44(52)43(51)41(36-48)55-46)40(49)34-31-28-25-22-20-21-24-27-30-33-38(2)3/h38-41,43-46,48-49,51-53H,4-37H2,1-3H3,(H,47,50). The molecule has 0 aromatic heterocycles. The third-order valence-corrected chi connectivity index (χ3v) is 11.6. The molecule has 6 N–H and O–H groups in total. The van der Waals surface area contributed by atoms with Gasteiger partial charge in [-0.3, -0.25) is 4.79 Å². The summed E-state index contributed by atoms with van der Waals surface area (Å²) in [6, 6.07) is -0.712. The van der Waals surface area contributed by atoms with Crippen molar-refractivity contribution in [1.29, 1.82) is 0 Å². The van der Waals surface area contributed by atoms with Crippen LogP contribution < -0.4 is 5.32 Å². The normalized spacial score (nSPS) is 21.3. The minimum atomic E-state index is -1.55. The van der Waals surface area contributed by atoms with Gasteiger partial charge in [0.05, 0.1) is 25.4 Å². The summed E-state index contributed by atoms with van der Waals surface area (Å²) >= 11 is 0. The Bertz CT molecular complexity index is 845. The van der Waals surface area contributed by atoms with Crippen molar-refractivity contribution in [2.24, 2.45) is 5.92 Å². The molecular formula is C46H91NO8. The van der Waals surface area contributed by atoms with E-state index in [9.17, 15) is 30.3 Å². The first-order chi connectivity index (χ1) is 26.7. The highest BCUT2D eigenvalue weighted by Crippen LogP contribution is 2.23. The smallest absolute Gasteiger partial charge is 0.220 e. The molecule has 1 aliphatic heterocycles. The van der Waals surface area contributed by atoms with Crippen LogP contribution in [0.3, 0.4) is 0 Å². The van der Waals surface area contributed by atoms with Gasteiger partial charge in [0.15, 0.2) is 6.29 Å². The van der Waals surface area contributed by atoms with Crippen LogP contribution >= 0.6 is 0 Å². The minimum Gasteiger partial charge on any atom is -0.394 e. The molecule has 0 bridgehead atoms. The number of hydrogen-bond donors (Lipinski definition) is 6. The van der Waals surface area contributed by atoms with E-state index >= 15 is 0 Å². The van der Waals surface area contributed by atoms with Gasteiger partial charge in [0.2, 0.25) is 5.91 Å². The van der Waals surface area contributed by atoms with Gasteiger partial charge in [-0.25, -0.2) is 0 Å². The molecule has 1 rings (SSSR count). The van der Waals surface area contributed by atoms with Crippen LogP contribution in [0.2, 0.25) is 0 Å². The highest BCUT2D eigenvalue weighted by molar-refractivity contribution is 5.76. The zero-order valence-electron chi connectivity index (χ0n) is 36.1. The summed E-state index contributed by atoms with van der Waals surface area (Å²) in [4.78, 5) is 13.0. The van der Waals surface area contributed by atoms with Crippen LogP contribution in [0.15, 0.2) is 0 Å². The average molecular weight is 786 g/mol. The second kappa shape index (κ2) is 36.3. The van der Waals surface area contributed by atoms with Crippen molar-refractivity contribution >= 4 is 5.91 Å². The Morgan fingerprint density at radius 3 is 1.40 bits per heavy atom. The van der Waals surface area contributed by atoms with Gasteiger partial charge in [0.1, 0.15) is 24.4 Å². The molecule has 1 fully saturated rings. The lowest BCUT2D eigenvalue weighted by atomic mass is 9.99. The number of amides is 1. The van der Waals surface area contributed by atoms with E-state index in [0.717, 1.165) is 44.4 Å². The zero-order chi connectivity index (χ0) is 40.4. The Kier molecular flexibility index (Phi) is 34.4. The van der Waals surface area contributed by atoms with Gasteiger partial charge in [-0.05, 0) is 18.8 Å². The van der Waals surface area contributed by atoms with Crippen molar-refractivity contribution in [3.8, 4) is 0 Å². The van der Waals surface area contributed by atoms with Crippen molar-refractivity contribution in [3.05, 3.63) is 0 Å². The highest BCUT2D eigenvalue weighted by atomic mass is 16.7. The first kappa shape index (κ1) is 52.2. The number of rotatable bonds is 39. The van der Waals surface area contributed by atoms with Gasteiger partial charge in [0.25, 0.3) is 0 Å². The third kappa shape index (κ3) is 28.3. The van der Waals surface area contributed by atoms with E-state index in [0.29, 0.717) is 12.8 Å². The van der Waals surface area contributed by atoms with E-state index < -0.39 is 49.5 Å². The van der Waals surface area contributed by atoms with E-state index in [2.05, 4.69) is 26.1 Å². The number of aliphatic hydroxyl groups is 5. The molecule has 328 valence electrons. The van der Waals surface area contributed by atoms with Crippen LogP contribution in [0.25, 0.3) is 0 Å². The summed E-state index contributed by atoms with van der Waals surface area (Å²) in [5.41, 5.74) is 0. The van der Waals surface area contributed by atoms with E-state index in [-0.39, 0.29) is 12.5 Å². The number of nitrogens with one attached hydrogen (secondary N) is 1. The van der Waals surface area contributed by atoms with Crippen molar-refractivity contribution in [2.75, 3.05) is 13.2 Å². The minimum absolute atomic E-state index is 0.133. The van der Waals surface area contributed by atoms with Crippen LogP contribution in [0.1, 0.15) is 226 Å². The topological polar surface area (TPSA) is 149 Å². The lowest BCUT2D eigenvalue weighted by Crippen LogP contribution is -2.60. The molecule has 0 spiro atoms. The number of carbonyl (C=O) groups excluding carboxylic acids is 1. The Labute approximate surface area is 338 Å². The van der Waals surface area contributed by atoms with E-state index in [1.54, 1.807) is 0 Å². The second-order valence-corrected chi connectivity index (χ2v) is 17.4. The highest BCUT2D eigenvalue weighted by Gasteiger charge is 2.44. The molecule has 0 aliphatic carbocycles. The lowest BCUT2D eigenvalue weighted by molar-refractivity contribution is -0.302. The molecular weight excluding hydrogens is 695 g/mol. The maximum absolute atomic E-state index is 13.0. The molecule has 1 amide bonds. The number of carbonyl (C=O) groups is 1. The molecule has 1 saturated heterocycles. The maximum atomic E-state index is 13.0. The molecule has 9 nitrogen and oxygen atoms in total. The summed E-state index contributed by atoms with van der Waals surface area (Å²) in [6.07, 6.45) is 31.2. The van der Waals surface area contributed by atoms with E-state index in [4.69, 9.17) is 9.47 Å². The van der Waals surface area contributed by atoms with E-state index in [1.807, 2.05) is 0 Å². The molecule has 0 aromatic carbocycles. The van der Waals surface area contributed by atoms with Crippen molar-refractivity contribution in [2.45, 2.75) is 269 Å². The molecule has 7 atom stereocenters. The van der Waals surface area contributed by atoms with Crippen LogP contribution in [-0.4, -0.2) is 87.5 Å². The summed E-state index contributed by atoms with van der Waals surface area (Å²) < 4.78 is 11.3. The van der Waals surface area contributed by atoms with Crippen LogP contribution in [-0.2, 0) is 14.3 Å². The average Bonchev–Trinajstić information content (AvgIpc) is 3.17. The SMILES string of the molecule is CCCCCCCCCCCCCCCCCCCCCCC(=O)NC(COC1OC(CO)C(O)C(O)C1O)C(O)CCCCCCCCCCCC(C)C. The summed E-state index contributed by atoms with van der Waals surface area (Å²) in [5, 5.41) is 54.3. The van der Waals surface area contributed by atoms with Gasteiger partial charge in [-0.15, -0.1) is 0 Å². The Balaban J connectivity index is 2.27. The number of aliphatic hydroxyl groups excluding tert-OH is 5. The first-order valence-electron chi connectivity index (χ1n) is 23.6. The van der Waals surface area contributed by atoms with Crippen LogP contribution in [0.4, 0.5) is 0 Å². The molecule has 55 heavy (non-hydrogen) atoms.